The first-order chi connectivity index (χ1) is 7.63. The largest absolute Gasteiger partial charge is 0.373 e. The molecule has 1 aromatic carbocycles. The van der Waals surface area contributed by atoms with Crippen LogP contribution in [0.25, 0.3) is 0 Å². The van der Waals surface area contributed by atoms with Crippen LogP contribution in [0, 0.1) is 0 Å². The molecule has 0 saturated heterocycles. The molecule has 1 aromatic rings. The Morgan fingerprint density at radius 2 is 1.81 bits per heavy atom. The van der Waals surface area contributed by atoms with Gasteiger partial charge in [-0.2, -0.15) is 0 Å². The number of hydrogen-bond donors (Lipinski definition) is 1. The topological polar surface area (TPSA) is 15.3 Å². The molecule has 0 amide bonds. The van der Waals surface area contributed by atoms with E-state index in [-0.39, 0.29) is 0 Å². The summed E-state index contributed by atoms with van der Waals surface area (Å²) in [6, 6.07) is 9.39. The molecule has 0 aromatic heterocycles. The lowest BCUT2D eigenvalue weighted by Crippen LogP contribution is -2.32. The van der Waals surface area contributed by atoms with Crippen molar-refractivity contribution in [3.8, 4) is 0 Å². The van der Waals surface area contributed by atoms with Gasteiger partial charge < -0.3 is 10.2 Å². The highest BCUT2D eigenvalue weighted by Gasteiger charge is 2.00. The Morgan fingerprint density at radius 3 is 2.31 bits per heavy atom. The maximum atomic E-state index is 3.43. The average molecular weight is 220 g/mol. The van der Waals surface area contributed by atoms with Crippen LogP contribution < -0.4 is 10.2 Å². The summed E-state index contributed by atoms with van der Waals surface area (Å²) in [7, 11) is 2.14. The number of hydrogen-bond acceptors (Lipinski definition) is 2. The molecule has 0 aliphatic rings. The van der Waals surface area contributed by atoms with Gasteiger partial charge in [0.05, 0.1) is 0 Å². The minimum atomic E-state index is 0.566. The fraction of sp³-hybridized carbons (Fsp3) is 0.571. The number of nitrogens with one attached hydrogen (secondary N) is 1. The molecule has 0 bridgehead atoms. The Morgan fingerprint density at radius 1 is 1.19 bits per heavy atom. The Balaban J connectivity index is 2.43. The smallest absolute Gasteiger partial charge is 0.0364 e. The summed E-state index contributed by atoms with van der Waals surface area (Å²) in [5.74, 6) is 0. The summed E-state index contributed by atoms with van der Waals surface area (Å²) < 4.78 is 0. The van der Waals surface area contributed by atoms with Crippen LogP contribution in [-0.2, 0) is 6.42 Å². The first-order valence-electron chi connectivity index (χ1n) is 6.17. The zero-order chi connectivity index (χ0) is 12.0. The number of benzene rings is 1. The lowest BCUT2D eigenvalue weighted by Gasteiger charge is -2.20. The van der Waals surface area contributed by atoms with Gasteiger partial charge in [-0.15, -0.1) is 0 Å². The van der Waals surface area contributed by atoms with Gasteiger partial charge in [0, 0.05) is 31.9 Å². The molecule has 0 spiro atoms. The Bertz CT molecular complexity index is 290. The third kappa shape index (κ3) is 4.23. The van der Waals surface area contributed by atoms with E-state index in [2.05, 4.69) is 62.3 Å². The van der Waals surface area contributed by atoms with Gasteiger partial charge >= 0.3 is 0 Å². The van der Waals surface area contributed by atoms with E-state index in [0.717, 1.165) is 19.5 Å². The van der Waals surface area contributed by atoms with Crippen molar-refractivity contribution in [1.82, 2.24) is 5.32 Å². The third-order valence-corrected chi connectivity index (χ3v) is 2.79. The molecule has 1 rings (SSSR count). The van der Waals surface area contributed by atoms with Gasteiger partial charge in [0.25, 0.3) is 0 Å². The molecule has 0 saturated carbocycles. The number of nitrogens with zero attached hydrogens (tertiary/aromatic N) is 1. The van der Waals surface area contributed by atoms with Crippen LogP contribution in [0.15, 0.2) is 24.3 Å². The Kier molecular flexibility index (Phi) is 5.33. The molecule has 1 N–H and O–H groups in total. The summed E-state index contributed by atoms with van der Waals surface area (Å²) in [5, 5.41) is 3.43. The lowest BCUT2D eigenvalue weighted by molar-refractivity contribution is 0.589. The maximum absolute atomic E-state index is 3.43. The first-order valence-corrected chi connectivity index (χ1v) is 6.17. The van der Waals surface area contributed by atoms with Crippen molar-refractivity contribution in [3.05, 3.63) is 29.8 Å². The fourth-order valence-corrected chi connectivity index (χ4v) is 1.64. The molecule has 0 radical (unpaired) electrons. The molecule has 16 heavy (non-hydrogen) atoms. The molecule has 0 heterocycles. The Hall–Kier alpha value is -1.02. The molecule has 2 heteroatoms. The minimum absolute atomic E-state index is 0.566. The van der Waals surface area contributed by atoms with E-state index in [1.165, 1.54) is 11.3 Å². The molecular weight excluding hydrogens is 196 g/mol. The van der Waals surface area contributed by atoms with Crippen LogP contribution in [0.3, 0.4) is 0 Å². The lowest BCUT2D eigenvalue weighted by atomic mass is 10.1. The molecule has 0 aliphatic carbocycles. The highest BCUT2D eigenvalue weighted by molar-refractivity contribution is 5.46. The summed E-state index contributed by atoms with van der Waals surface area (Å²) in [6.07, 6.45) is 1.11. The van der Waals surface area contributed by atoms with Crippen molar-refractivity contribution >= 4 is 5.69 Å². The van der Waals surface area contributed by atoms with E-state index < -0.39 is 0 Å². The second kappa shape index (κ2) is 6.54. The predicted octanol–water partition coefficient (Wildman–Crippen LogP) is 2.68. The SMILES string of the molecule is CCc1ccc(N(C)CCNC(C)C)cc1. The minimum Gasteiger partial charge on any atom is -0.373 e. The number of rotatable bonds is 6. The highest BCUT2D eigenvalue weighted by Crippen LogP contribution is 2.13. The van der Waals surface area contributed by atoms with Crippen molar-refractivity contribution in [2.24, 2.45) is 0 Å². The van der Waals surface area contributed by atoms with E-state index in [4.69, 9.17) is 0 Å². The zero-order valence-corrected chi connectivity index (χ0v) is 11.0. The van der Waals surface area contributed by atoms with E-state index in [0.29, 0.717) is 6.04 Å². The quantitative estimate of drug-likeness (QED) is 0.793. The van der Waals surface area contributed by atoms with Crippen LogP contribution in [-0.4, -0.2) is 26.2 Å². The normalized spacial score (nSPS) is 10.8. The third-order valence-electron chi connectivity index (χ3n) is 2.79. The standard InChI is InChI=1S/C14H24N2/c1-5-13-6-8-14(9-7-13)16(4)11-10-15-12(2)3/h6-9,12,15H,5,10-11H2,1-4H3. The first kappa shape index (κ1) is 13.0. The average Bonchev–Trinajstić information content (AvgIpc) is 2.28. The van der Waals surface area contributed by atoms with Gasteiger partial charge in [-0.25, -0.2) is 0 Å². The highest BCUT2D eigenvalue weighted by atomic mass is 15.1. The molecule has 0 aliphatic heterocycles. The second-order valence-corrected chi connectivity index (χ2v) is 4.55. The summed E-state index contributed by atoms with van der Waals surface area (Å²) in [5.41, 5.74) is 2.69. The predicted molar refractivity (Wildman–Crippen MR) is 72.2 cm³/mol. The molecule has 90 valence electrons. The van der Waals surface area contributed by atoms with E-state index in [1.54, 1.807) is 0 Å². The summed E-state index contributed by atoms with van der Waals surface area (Å²) in [6.45, 7) is 8.62. The monoisotopic (exact) mass is 220 g/mol. The van der Waals surface area contributed by atoms with Crippen molar-refractivity contribution in [3.63, 3.8) is 0 Å². The van der Waals surface area contributed by atoms with Gasteiger partial charge in [-0.05, 0) is 24.1 Å². The molecule has 0 atom stereocenters. The van der Waals surface area contributed by atoms with E-state index in [1.807, 2.05) is 0 Å². The van der Waals surface area contributed by atoms with Gasteiger partial charge in [0.1, 0.15) is 0 Å². The molecule has 2 nitrogen and oxygen atoms in total. The van der Waals surface area contributed by atoms with Crippen LogP contribution in [0.4, 0.5) is 5.69 Å². The zero-order valence-electron chi connectivity index (χ0n) is 11.0. The van der Waals surface area contributed by atoms with Gasteiger partial charge in [0.2, 0.25) is 0 Å². The van der Waals surface area contributed by atoms with Crippen molar-refractivity contribution in [1.29, 1.82) is 0 Å². The van der Waals surface area contributed by atoms with Crippen LogP contribution >= 0.6 is 0 Å². The number of likely N-dealkylation sites (N-methyl/N-ethyl adjacent to an activating group) is 1. The fourth-order valence-electron chi connectivity index (χ4n) is 1.64. The Labute approximate surface area is 99.7 Å². The molecule has 0 unspecified atom stereocenters. The van der Waals surface area contributed by atoms with Gasteiger partial charge in [0.15, 0.2) is 0 Å². The summed E-state index contributed by atoms with van der Waals surface area (Å²) >= 11 is 0. The van der Waals surface area contributed by atoms with Gasteiger partial charge in [-0.1, -0.05) is 32.9 Å². The van der Waals surface area contributed by atoms with E-state index >= 15 is 0 Å². The number of aryl methyl sites for hydroxylation is 1. The van der Waals surface area contributed by atoms with Crippen molar-refractivity contribution in [2.75, 3.05) is 25.0 Å². The number of anilines is 1. The molecular formula is C14H24N2. The van der Waals surface area contributed by atoms with Gasteiger partial charge in [-0.3, -0.25) is 0 Å². The van der Waals surface area contributed by atoms with E-state index in [9.17, 15) is 0 Å². The summed E-state index contributed by atoms with van der Waals surface area (Å²) in [4.78, 5) is 2.29. The van der Waals surface area contributed by atoms with Crippen molar-refractivity contribution in [2.45, 2.75) is 33.2 Å². The van der Waals surface area contributed by atoms with Crippen LogP contribution in [0.5, 0.6) is 0 Å². The van der Waals surface area contributed by atoms with Crippen molar-refractivity contribution < 1.29 is 0 Å². The van der Waals surface area contributed by atoms with Crippen LogP contribution in [0.1, 0.15) is 26.3 Å². The van der Waals surface area contributed by atoms with Crippen LogP contribution in [0.2, 0.25) is 0 Å². The molecule has 0 fully saturated rings. The maximum Gasteiger partial charge on any atom is 0.0364 e. The second-order valence-electron chi connectivity index (χ2n) is 4.55.